The number of hydrogen-bond acceptors (Lipinski definition) is 5. The summed E-state index contributed by atoms with van der Waals surface area (Å²) in [6, 6.07) is 2.30. The molecule has 0 atom stereocenters. The van der Waals surface area contributed by atoms with E-state index in [4.69, 9.17) is 0 Å². The van der Waals surface area contributed by atoms with Crippen LogP contribution in [0.1, 0.15) is 10.4 Å². The predicted octanol–water partition coefficient (Wildman–Crippen LogP) is 1.72. The smallest absolute Gasteiger partial charge is 0.441 e. The highest BCUT2D eigenvalue weighted by atomic mass is 79.9. The molecule has 0 amide bonds. The highest BCUT2D eigenvalue weighted by Gasteiger charge is 2.35. The van der Waals surface area contributed by atoms with Crippen LogP contribution in [-0.4, -0.2) is 25.2 Å². The fourth-order valence-corrected chi connectivity index (χ4v) is 2.41. The molecule has 0 spiro atoms. The number of aliphatic carboxylic acids is 1. The number of ether oxygens (including phenoxy) is 2. The van der Waals surface area contributed by atoms with E-state index in [1.807, 2.05) is 0 Å². The van der Waals surface area contributed by atoms with Gasteiger partial charge in [-0.3, -0.25) is 0 Å². The first-order valence-corrected chi connectivity index (χ1v) is 6.13. The Morgan fingerprint density at radius 3 is 2.11 bits per heavy atom. The number of esters is 1. The third kappa shape index (κ3) is 3.63. The van der Waals surface area contributed by atoms with Crippen molar-refractivity contribution < 1.29 is 33.0 Å². The Bertz CT molecular complexity index is 510. The summed E-state index contributed by atoms with van der Waals surface area (Å²) in [5, 5.41) is 10.2. The molecule has 0 saturated carbocycles. The van der Waals surface area contributed by atoms with E-state index in [9.17, 15) is 23.5 Å². The maximum atomic E-state index is 12.9. The van der Waals surface area contributed by atoms with Gasteiger partial charge in [0.2, 0.25) is 0 Å². The number of halogens is 4. The van der Waals surface area contributed by atoms with Crippen LogP contribution in [0, 0.1) is 0 Å². The zero-order chi connectivity index (χ0) is 14.8. The van der Waals surface area contributed by atoms with Crippen molar-refractivity contribution in [2.75, 3.05) is 7.11 Å². The highest BCUT2D eigenvalue weighted by Crippen LogP contribution is 2.37. The van der Waals surface area contributed by atoms with Gasteiger partial charge in [0.15, 0.2) is 11.7 Å². The molecule has 0 radical (unpaired) electrons. The first-order chi connectivity index (χ1) is 8.69. The molecule has 0 unspecified atom stereocenters. The maximum absolute atomic E-state index is 12.9. The molecule has 1 aromatic carbocycles. The number of alkyl halides is 2. The molecular formula is C10H5Br2F2O5-. The summed E-state index contributed by atoms with van der Waals surface area (Å²) in [6.07, 6.45) is -4.50. The first-order valence-electron chi connectivity index (χ1n) is 4.54. The molecule has 0 aliphatic heterocycles. The van der Waals surface area contributed by atoms with E-state index >= 15 is 0 Å². The van der Waals surface area contributed by atoms with Gasteiger partial charge in [-0.1, -0.05) is 0 Å². The van der Waals surface area contributed by atoms with Gasteiger partial charge in [-0.15, -0.1) is 0 Å². The number of carbonyl (C=O) groups excluding carboxylic acids is 2. The number of carboxylic acids is 1. The second-order valence-electron chi connectivity index (χ2n) is 3.17. The number of hydrogen-bond donors (Lipinski definition) is 0. The number of benzene rings is 1. The van der Waals surface area contributed by atoms with Crippen molar-refractivity contribution in [2.24, 2.45) is 0 Å². The lowest BCUT2D eigenvalue weighted by atomic mass is 10.2. The molecule has 104 valence electrons. The molecule has 19 heavy (non-hydrogen) atoms. The van der Waals surface area contributed by atoms with Crippen molar-refractivity contribution in [1.29, 1.82) is 0 Å². The lowest BCUT2D eigenvalue weighted by molar-refractivity contribution is -0.350. The van der Waals surface area contributed by atoms with Gasteiger partial charge in [0.05, 0.1) is 21.6 Å². The molecule has 0 saturated heterocycles. The van der Waals surface area contributed by atoms with Gasteiger partial charge in [-0.25, -0.2) is 4.79 Å². The van der Waals surface area contributed by atoms with Crippen LogP contribution in [0.4, 0.5) is 8.78 Å². The zero-order valence-electron chi connectivity index (χ0n) is 9.21. The van der Waals surface area contributed by atoms with Crippen molar-refractivity contribution in [2.45, 2.75) is 6.11 Å². The Kier molecular flexibility index (Phi) is 4.86. The van der Waals surface area contributed by atoms with Crippen LogP contribution in [0.15, 0.2) is 21.1 Å². The van der Waals surface area contributed by atoms with Crippen molar-refractivity contribution in [3.8, 4) is 5.75 Å². The van der Waals surface area contributed by atoms with Gasteiger partial charge in [0.1, 0.15) is 0 Å². The Labute approximate surface area is 122 Å². The van der Waals surface area contributed by atoms with Gasteiger partial charge in [-0.05, 0) is 44.0 Å². The monoisotopic (exact) mass is 401 g/mol. The van der Waals surface area contributed by atoms with Crippen LogP contribution >= 0.6 is 31.9 Å². The van der Waals surface area contributed by atoms with E-state index in [1.54, 1.807) is 0 Å². The number of rotatable bonds is 4. The zero-order valence-corrected chi connectivity index (χ0v) is 12.4. The topological polar surface area (TPSA) is 75.7 Å². The van der Waals surface area contributed by atoms with Crippen molar-refractivity contribution in [3.63, 3.8) is 0 Å². The Morgan fingerprint density at radius 1 is 1.26 bits per heavy atom. The summed E-state index contributed by atoms with van der Waals surface area (Å²) in [7, 11) is 1.15. The molecular weight excluding hydrogens is 398 g/mol. The van der Waals surface area contributed by atoms with Gasteiger partial charge in [0.25, 0.3) is 0 Å². The average molecular weight is 403 g/mol. The first kappa shape index (κ1) is 15.8. The van der Waals surface area contributed by atoms with Crippen LogP contribution in [0.2, 0.25) is 0 Å². The number of carbonyl (C=O) groups is 2. The predicted molar refractivity (Wildman–Crippen MR) is 63.8 cm³/mol. The van der Waals surface area contributed by atoms with Gasteiger partial charge >= 0.3 is 12.1 Å². The van der Waals surface area contributed by atoms with Crippen molar-refractivity contribution in [3.05, 3.63) is 26.6 Å². The van der Waals surface area contributed by atoms with E-state index in [0.717, 1.165) is 19.2 Å². The largest absolute Gasteiger partial charge is 0.541 e. The molecule has 0 aliphatic rings. The third-order valence-corrected chi connectivity index (χ3v) is 3.07. The number of carboxylic acid groups (broad SMARTS) is 1. The fraction of sp³-hybridized carbons (Fsp3) is 0.200. The van der Waals surface area contributed by atoms with E-state index in [0.29, 0.717) is 0 Å². The molecule has 1 aromatic rings. The molecule has 9 heteroatoms. The minimum atomic E-state index is -4.50. The molecule has 0 N–H and O–H groups in total. The molecule has 1 rings (SSSR count). The van der Waals surface area contributed by atoms with E-state index in [-0.39, 0.29) is 14.5 Å². The standard InChI is InChI=1S/C10H6Br2F2O5/c1-18-8(15)4-2-5(11)7(6(12)3-4)19-10(13,14)9(16)17/h2-3H,1H3,(H,16,17)/p-1. The molecule has 5 nitrogen and oxygen atoms in total. The average Bonchev–Trinajstić information content (AvgIpc) is 2.32. The van der Waals surface area contributed by atoms with Crippen molar-refractivity contribution >= 4 is 43.8 Å². The molecule has 0 heterocycles. The molecule has 0 fully saturated rings. The van der Waals surface area contributed by atoms with E-state index in [2.05, 4.69) is 41.3 Å². The van der Waals surface area contributed by atoms with Gasteiger partial charge in [0, 0.05) is 0 Å². The van der Waals surface area contributed by atoms with E-state index < -0.39 is 23.8 Å². The SMILES string of the molecule is COC(=O)c1cc(Br)c(OC(F)(F)C(=O)[O-])c(Br)c1. The Morgan fingerprint density at radius 2 is 1.74 bits per heavy atom. The fourth-order valence-electron chi connectivity index (χ4n) is 1.06. The molecule has 0 bridgehead atoms. The summed E-state index contributed by atoms with van der Waals surface area (Å²) < 4.78 is 34.2. The lowest BCUT2D eigenvalue weighted by Crippen LogP contribution is -2.45. The molecule has 0 aliphatic carbocycles. The minimum absolute atomic E-state index is 0.0526. The second kappa shape index (κ2) is 5.83. The summed E-state index contributed by atoms with van der Waals surface area (Å²) >= 11 is 5.78. The maximum Gasteiger partial charge on any atom is 0.441 e. The summed E-state index contributed by atoms with van der Waals surface area (Å²) in [5.74, 6) is -3.86. The van der Waals surface area contributed by atoms with Crippen LogP contribution < -0.4 is 9.84 Å². The Balaban J connectivity index is 3.18. The summed E-state index contributed by atoms with van der Waals surface area (Å²) in [5.41, 5.74) is 0.0605. The normalized spacial score (nSPS) is 11.0. The van der Waals surface area contributed by atoms with Crippen molar-refractivity contribution in [1.82, 2.24) is 0 Å². The second-order valence-corrected chi connectivity index (χ2v) is 4.88. The highest BCUT2D eigenvalue weighted by molar-refractivity contribution is 9.11. The number of methoxy groups -OCH3 is 1. The molecule has 0 aromatic heterocycles. The summed E-state index contributed by atoms with van der Waals surface area (Å²) in [4.78, 5) is 21.4. The summed E-state index contributed by atoms with van der Waals surface area (Å²) in [6.45, 7) is 0. The minimum Gasteiger partial charge on any atom is -0.541 e. The van der Waals surface area contributed by atoms with Crippen LogP contribution in [0.3, 0.4) is 0 Å². The van der Waals surface area contributed by atoms with Crippen LogP contribution in [0.5, 0.6) is 5.75 Å². The van der Waals surface area contributed by atoms with Gasteiger partial charge < -0.3 is 19.4 Å². The lowest BCUT2D eigenvalue weighted by Gasteiger charge is -2.20. The quantitative estimate of drug-likeness (QED) is 0.717. The van der Waals surface area contributed by atoms with Gasteiger partial charge in [-0.2, -0.15) is 8.78 Å². The van der Waals surface area contributed by atoms with Crippen LogP contribution in [-0.2, 0) is 9.53 Å². The third-order valence-electron chi connectivity index (χ3n) is 1.89. The van der Waals surface area contributed by atoms with E-state index in [1.165, 1.54) is 0 Å². The Hall–Kier alpha value is -1.22. The van der Waals surface area contributed by atoms with Crippen LogP contribution in [0.25, 0.3) is 0 Å².